The Labute approximate surface area is 272 Å². The van der Waals surface area contributed by atoms with Crippen molar-refractivity contribution in [3.63, 3.8) is 0 Å². The van der Waals surface area contributed by atoms with Crippen molar-refractivity contribution < 1.29 is 32.2 Å². The standard InChI is InChI=1S/C31H37BrClN3O7S/c1-7-20(2)34-31(38)21(3)35(18-22-8-10-23(32)11-9-22)30(37)19-36(26-16-24(33)12-14-27(26)41-4)44(39,40)25-13-15-28(42-5)29(17-25)43-6/h8-17,20-21H,7,18-19H2,1-6H3,(H,34,38). The lowest BCUT2D eigenvalue weighted by Gasteiger charge is -2.33. The van der Waals surface area contributed by atoms with E-state index in [1.165, 1.54) is 56.6 Å². The van der Waals surface area contributed by atoms with Crippen LogP contribution in [0.15, 0.2) is 70.0 Å². The van der Waals surface area contributed by atoms with Crippen molar-refractivity contribution in [2.24, 2.45) is 0 Å². The fraction of sp³-hybridized carbons (Fsp3) is 0.355. The number of nitrogens with one attached hydrogen (secondary N) is 1. The molecule has 0 saturated carbocycles. The Hall–Kier alpha value is -3.48. The molecule has 44 heavy (non-hydrogen) atoms. The molecule has 0 aliphatic rings. The van der Waals surface area contributed by atoms with Gasteiger partial charge in [-0.3, -0.25) is 13.9 Å². The van der Waals surface area contributed by atoms with Gasteiger partial charge in [-0.25, -0.2) is 8.42 Å². The first kappa shape index (κ1) is 35.0. The summed E-state index contributed by atoms with van der Waals surface area (Å²) < 4.78 is 46.5. The van der Waals surface area contributed by atoms with Crippen LogP contribution in [0.3, 0.4) is 0 Å². The largest absolute Gasteiger partial charge is 0.495 e. The lowest BCUT2D eigenvalue weighted by molar-refractivity contribution is -0.139. The third-order valence-electron chi connectivity index (χ3n) is 7.07. The van der Waals surface area contributed by atoms with E-state index in [4.69, 9.17) is 25.8 Å². The highest BCUT2D eigenvalue weighted by Crippen LogP contribution is 2.37. The van der Waals surface area contributed by atoms with E-state index in [0.29, 0.717) is 12.2 Å². The van der Waals surface area contributed by atoms with Crippen LogP contribution >= 0.6 is 27.5 Å². The minimum Gasteiger partial charge on any atom is -0.495 e. The van der Waals surface area contributed by atoms with Gasteiger partial charge in [0.05, 0.1) is 31.9 Å². The normalized spacial score (nSPS) is 12.5. The molecule has 2 amide bonds. The molecule has 10 nitrogen and oxygen atoms in total. The maximum absolute atomic E-state index is 14.3. The topological polar surface area (TPSA) is 114 Å². The number of benzene rings is 3. The average molecular weight is 711 g/mol. The van der Waals surface area contributed by atoms with E-state index in [1.54, 1.807) is 13.0 Å². The molecule has 0 radical (unpaired) electrons. The Morgan fingerprint density at radius 3 is 2.11 bits per heavy atom. The summed E-state index contributed by atoms with van der Waals surface area (Å²) in [5, 5.41) is 3.14. The van der Waals surface area contributed by atoms with Gasteiger partial charge >= 0.3 is 0 Å². The van der Waals surface area contributed by atoms with Crippen molar-refractivity contribution >= 4 is 55.1 Å². The molecule has 3 aromatic rings. The summed E-state index contributed by atoms with van der Waals surface area (Å²) in [4.78, 5) is 28.6. The van der Waals surface area contributed by atoms with Gasteiger partial charge in [0.25, 0.3) is 10.0 Å². The van der Waals surface area contributed by atoms with E-state index < -0.39 is 28.5 Å². The van der Waals surface area contributed by atoms with E-state index >= 15 is 0 Å². The van der Waals surface area contributed by atoms with Gasteiger partial charge in [-0.1, -0.05) is 46.6 Å². The molecule has 1 N–H and O–H groups in total. The van der Waals surface area contributed by atoms with Crippen molar-refractivity contribution in [1.82, 2.24) is 10.2 Å². The van der Waals surface area contributed by atoms with Crippen LogP contribution in [0.1, 0.15) is 32.8 Å². The van der Waals surface area contributed by atoms with Gasteiger partial charge in [-0.05, 0) is 68.3 Å². The van der Waals surface area contributed by atoms with Crippen molar-refractivity contribution in [3.8, 4) is 17.2 Å². The highest BCUT2D eigenvalue weighted by Gasteiger charge is 2.34. The molecule has 238 valence electrons. The van der Waals surface area contributed by atoms with Crippen LogP contribution in [0.2, 0.25) is 5.02 Å². The molecule has 0 fully saturated rings. The van der Waals surface area contributed by atoms with Crippen LogP contribution < -0.4 is 23.8 Å². The predicted molar refractivity (Wildman–Crippen MR) is 174 cm³/mol. The van der Waals surface area contributed by atoms with E-state index in [-0.39, 0.29) is 45.6 Å². The second-order valence-electron chi connectivity index (χ2n) is 9.99. The van der Waals surface area contributed by atoms with E-state index in [0.717, 1.165) is 14.3 Å². The van der Waals surface area contributed by atoms with Crippen molar-refractivity contribution in [1.29, 1.82) is 0 Å². The number of ether oxygens (including phenoxy) is 3. The zero-order chi connectivity index (χ0) is 32.6. The first-order valence-electron chi connectivity index (χ1n) is 13.8. The first-order valence-corrected chi connectivity index (χ1v) is 16.4. The molecule has 3 aromatic carbocycles. The molecule has 0 aliphatic carbocycles. The molecule has 13 heteroatoms. The van der Waals surface area contributed by atoms with E-state index in [1.807, 2.05) is 38.1 Å². The first-order chi connectivity index (χ1) is 20.9. The van der Waals surface area contributed by atoms with Crippen LogP contribution in [-0.2, 0) is 26.2 Å². The highest BCUT2D eigenvalue weighted by atomic mass is 79.9. The molecular weight excluding hydrogens is 674 g/mol. The summed E-state index contributed by atoms with van der Waals surface area (Å²) in [5.41, 5.74) is 0.794. The van der Waals surface area contributed by atoms with Crippen LogP contribution in [-0.4, -0.2) is 65.1 Å². The van der Waals surface area contributed by atoms with Crippen LogP contribution in [0, 0.1) is 0 Å². The summed E-state index contributed by atoms with van der Waals surface area (Å²) in [7, 11) is -0.219. The lowest BCUT2D eigenvalue weighted by Crippen LogP contribution is -2.52. The molecule has 3 rings (SSSR count). The number of carbonyl (C=O) groups is 2. The number of hydrogen-bond acceptors (Lipinski definition) is 7. The molecule has 2 atom stereocenters. The number of amides is 2. The highest BCUT2D eigenvalue weighted by molar-refractivity contribution is 9.10. The number of sulfonamides is 1. The van der Waals surface area contributed by atoms with Gasteiger partial charge in [0, 0.05) is 28.1 Å². The second-order valence-corrected chi connectivity index (χ2v) is 13.2. The average Bonchev–Trinajstić information content (AvgIpc) is 3.02. The van der Waals surface area contributed by atoms with E-state index in [9.17, 15) is 18.0 Å². The summed E-state index contributed by atoms with van der Waals surface area (Å²) >= 11 is 9.72. The number of methoxy groups -OCH3 is 3. The molecule has 0 heterocycles. The molecule has 0 saturated heterocycles. The van der Waals surface area contributed by atoms with Gasteiger partial charge in [0.1, 0.15) is 18.3 Å². The maximum atomic E-state index is 14.3. The second kappa shape index (κ2) is 15.5. The fourth-order valence-electron chi connectivity index (χ4n) is 4.31. The number of nitrogens with zero attached hydrogens (tertiary/aromatic N) is 2. The zero-order valence-corrected chi connectivity index (χ0v) is 28.6. The lowest BCUT2D eigenvalue weighted by atomic mass is 10.1. The fourth-order valence-corrected chi connectivity index (χ4v) is 6.17. The van der Waals surface area contributed by atoms with Crippen molar-refractivity contribution in [2.75, 3.05) is 32.2 Å². The quantitative estimate of drug-likeness (QED) is 0.230. The molecule has 0 spiro atoms. The molecule has 0 aliphatic heterocycles. The van der Waals surface area contributed by atoms with Crippen LogP contribution in [0.5, 0.6) is 17.2 Å². The van der Waals surface area contributed by atoms with Crippen LogP contribution in [0.25, 0.3) is 0 Å². The summed E-state index contributed by atoms with van der Waals surface area (Å²) in [5.74, 6) is -0.292. The Bertz CT molecular complexity index is 1570. The van der Waals surface area contributed by atoms with E-state index in [2.05, 4.69) is 21.2 Å². The monoisotopic (exact) mass is 709 g/mol. The SMILES string of the molecule is CCC(C)NC(=O)C(C)N(Cc1ccc(Br)cc1)C(=O)CN(c1cc(Cl)ccc1OC)S(=O)(=O)c1ccc(OC)c(OC)c1. The number of anilines is 1. The van der Waals surface area contributed by atoms with Gasteiger partial charge in [0.15, 0.2) is 11.5 Å². The minimum atomic E-state index is -4.43. The molecule has 0 aromatic heterocycles. The predicted octanol–water partition coefficient (Wildman–Crippen LogP) is 5.66. The van der Waals surface area contributed by atoms with Gasteiger partial charge in [-0.2, -0.15) is 0 Å². The van der Waals surface area contributed by atoms with Gasteiger partial charge < -0.3 is 24.4 Å². The minimum absolute atomic E-state index is 0.0448. The number of rotatable bonds is 14. The van der Waals surface area contributed by atoms with Gasteiger partial charge in [0.2, 0.25) is 11.8 Å². The Kier molecular flexibility index (Phi) is 12.3. The number of hydrogen-bond donors (Lipinski definition) is 1. The zero-order valence-electron chi connectivity index (χ0n) is 25.5. The van der Waals surface area contributed by atoms with Crippen molar-refractivity contribution in [3.05, 3.63) is 75.7 Å². The van der Waals surface area contributed by atoms with Crippen LogP contribution in [0.4, 0.5) is 5.69 Å². The molecule has 2 unspecified atom stereocenters. The number of halogens is 2. The third kappa shape index (κ3) is 8.36. The van der Waals surface area contributed by atoms with Gasteiger partial charge in [-0.15, -0.1) is 0 Å². The summed E-state index contributed by atoms with van der Waals surface area (Å²) in [6.45, 7) is 4.81. The smallest absolute Gasteiger partial charge is 0.265 e. The Balaban J connectivity index is 2.14. The van der Waals surface area contributed by atoms with Crippen molar-refractivity contribution in [2.45, 2.75) is 50.7 Å². The third-order valence-corrected chi connectivity index (χ3v) is 9.59. The molecular formula is C31H37BrClN3O7S. The summed E-state index contributed by atoms with van der Waals surface area (Å²) in [6, 6.07) is 14.8. The summed E-state index contributed by atoms with van der Waals surface area (Å²) in [6.07, 6.45) is 0.699. The Morgan fingerprint density at radius 1 is 0.909 bits per heavy atom. The maximum Gasteiger partial charge on any atom is 0.265 e. The molecule has 0 bridgehead atoms. The Morgan fingerprint density at radius 2 is 1.52 bits per heavy atom. The number of carbonyl (C=O) groups excluding carboxylic acids is 2.